The van der Waals surface area contributed by atoms with Crippen molar-refractivity contribution < 1.29 is 150 Å². The second kappa shape index (κ2) is 33.3. The fourth-order valence-corrected chi connectivity index (χ4v) is 21.2. The number of aryl methyl sites for hydroxylation is 4. The maximum absolute atomic E-state index is 15.3. The fraction of sp³-hybridized carbons (Fsp3) is 0.649. The molecule has 0 amide bonds. The van der Waals surface area contributed by atoms with E-state index in [0.29, 0.717) is 5.56 Å². The van der Waals surface area contributed by atoms with Gasteiger partial charge in [0.25, 0.3) is 11.1 Å². The molecule has 45 nitrogen and oxygen atoms in total. The molecule has 1 radical (unpaired) electrons. The minimum absolute atomic E-state index is 0. The maximum Gasteiger partial charge on any atom is 0.351 e. The number of methoxy groups -OCH3 is 1. The number of fused-ring (bicyclic) bond motifs is 6. The SMILES string of the molecule is CO[C@H]1C(OP([O-])(=S)OC)[C@@H](COP([O-])(=S)OC2C[C@H](n3cc(C)c(N)nc3=O)O[C@@H]2COP([O-])(=S)OC2[C@@H]3O[C@@H](C)[C@]2(COP(=O)([S-])OC2[C@@H]4O[C@@H](C)[C@]2(COP([O-])(=S)OC2[C@@H]5O[C@@H](C)[C@]2(CO)O[C@H]5n2cc(C)c(=O)[nH]c2=O)O[C@H]4n2cc(C)c(=O)[nH]c2=O)O[C@H]3n2cc(C)c(N)nc2=O)O[C@H]1n1ccc(N)nc1=O.[Y]. The Bertz CT molecular complexity index is 5230. The van der Waals surface area contributed by atoms with E-state index in [1.165, 1.54) is 86.4 Å². The van der Waals surface area contributed by atoms with E-state index >= 15 is 9.46 Å². The second-order valence-corrected chi connectivity index (χ2v) is 40.9. The van der Waals surface area contributed by atoms with Gasteiger partial charge in [0.2, 0.25) is 0 Å². The molecule has 5 aromatic heterocycles. The van der Waals surface area contributed by atoms with Gasteiger partial charge in [-0.25, -0.2) is 24.0 Å². The van der Waals surface area contributed by atoms with Crippen LogP contribution >= 0.6 is 33.7 Å². The summed E-state index contributed by atoms with van der Waals surface area (Å²) in [5.74, 6) is -0.441. The monoisotopic (exact) mass is 1860 g/mol. The van der Waals surface area contributed by atoms with Crippen LogP contribution in [0.1, 0.15) is 80.6 Å². The first kappa shape index (κ1) is 89.0. The van der Waals surface area contributed by atoms with Crippen molar-refractivity contribution in [2.24, 2.45) is 0 Å². The summed E-state index contributed by atoms with van der Waals surface area (Å²) < 4.78 is 135. The molecule has 621 valence electrons. The number of hydrogen-bond donors (Lipinski definition) is 6. The van der Waals surface area contributed by atoms with Gasteiger partial charge in [-0.2, -0.15) is 15.0 Å². The number of nitrogens with zero attached hydrogens (tertiary/aromatic N) is 8. The molecule has 56 heteroatoms. The van der Waals surface area contributed by atoms with Crippen LogP contribution in [0.25, 0.3) is 0 Å². The van der Waals surface area contributed by atoms with Gasteiger partial charge in [0.05, 0.1) is 57.5 Å². The summed E-state index contributed by atoms with van der Waals surface area (Å²) in [6, 6.07) is 1.27. The molecular formula is C57H73N13O32P5S5Y-5. The van der Waals surface area contributed by atoms with Crippen molar-refractivity contribution in [1.82, 2.24) is 47.8 Å². The average molecular weight is 1860 g/mol. The van der Waals surface area contributed by atoms with Gasteiger partial charge in [0, 0.05) is 107 Å². The number of aromatic amines is 2. The first-order valence-electron chi connectivity index (χ1n) is 33.6. The van der Waals surface area contributed by atoms with Crippen molar-refractivity contribution in [2.75, 3.05) is 64.5 Å². The average Bonchev–Trinajstić information content (AvgIpc) is 1.56. The predicted molar refractivity (Wildman–Crippen MR) is 389 cm³/mol. The van der Waals surface area contributed by atoms with Crippen LogP contribution in [-0.4, -0.2) is 202 Å². The van der Waals surface area contributed by atoms with Crippen molar-refractivity contribution in [2.45, 2.75) is 188 Å². The van der Waals surface area contributed by atoms with Crippen LogP contribution in [0.4, 0.5) is 17.5 Å². The maximum atomic E-state index is 15.3. The van der Waals surface area contributed by atoms with E-state index in [-0.39, 0.29) is 66.9 Å². The van der Waals surface area contributed by atoms with E-state index in [1.807, 2.05) is 0 Å². The Balaban J connectivity index is 0.0000118. The molecule has 8 aliphatic rings. The topological polar surface area (TPSA) is 597 Å². The summed E-state index contributed by atoms with van der Waals surface area (Å²) >= 11 is 27.1. The largest absolute Gasteiger partial charge is 0.780 e. The van der Waals surface area contributed by atoms with E-state index in [2.05, 4.69) is 24.9 Å². The van der Waals surface area contributed by atoms with Gasteiger partial charge in [-0.3, -0.25) is 47.0 Å². The number of aliphatic hydroxyl groups is 1. The van der Waals surface area contributed by atoms with Crippen molar-refractivity contribution in [3.63, 3.8) is 0 Å². The molecule has 113 heavy (non-hydrogen) atoms. The van der Waals surface area contributed by atoms with Gasteiger partial charge in [-0.15, -0.1) is 0 Å². The number of nitrogens with one attached hydrogen (secondary N) is 2. The van der Waals surface area contributed by atoms with E-state index in [9.17, 15) is 53.3 Å². The molecule has 0 aromatic carbocycles. The summed E-state index contributed by atoms with van der Waals surface area (Å²) in [6.45, 7) is -18.9. The van der Waals surface area contributed by atoms with E-state index in [1.54, 1.807) is 0 Å². The van der Waals surface area contributed by atoms with Crippen molar-refractivity contribution in [3.8, 4) is 0 Å². The molecule has 27 atom stereocenters. The molecule has 13 rings (SSSR count). The van der Waals surface area contributed by atoms with Crippen molar-refractivity contribution >= 4 is 111 Å². The molecule has 8 fully saturated rings. The minimum Gasteiger partial charge on any atom is -0.780 e. The molecule has 0 spiro atoms. The third-order valence-electron chi connectivity index (χ3n) is 20.4. The van der Waals surface area contributed by atoms with Gasteiger partial charge in [0.1, 0.15) is 128 Å². The van der Waals surface area contributed by atoms with Crippen LogP contribution < -0.4 is 76.3 Å². The van der Waals surface area contributed by atoms with Crippen LogP contribution in [0.2, 0.25) is 0 Å². The molecule has 9 N–H and O–H groups in total. The third kappa shape index (κ3) is 17.3. The molecule has 8 saturated heterocycles. The van der Waals surface area contributed by atoms with Crippen molar-refractivity contribution in [3.05, 3.63) is 132 Å². The number of aromatic nitrogens is 10. The Labute approximate surface area is 688 Å². The Kier molecular flexibility index (Phi) is 26.2. The zero-order chi connectivity index (χ0) is 81.4. The zero-order valence-corrected chi connectivity index (χ0v) is 71.8. The summed E-state index contributed by atoms with van der Waals surface area (Å²) in [7, 11) is 2.21. The predicted octanol–water partition coefficient (Wildman–Crippen LogP) is -4.17. The number of anilines is 3. The number of ether oxygens (including phenoxy) is 9. The van der Waals surface area contributed by atoms with E-state index in [0.717, 1.165) is 36.1 Å². The third-order valence-corrected chi connectivity index (χ3v) is 28.2. The van der Waals surface area contributed by atoms with Crippen LogP contribution in [0.3, 0.4) is 0 Å². The number of hydrogen-bond acceptors (Lipinski definition) is 43. The summed E-state index contributed by atoms with van der Waals surface area (Å²) in [4.78, 5) is 165. The Morgan fingerprint density at radius 2 is 1.00 bits per heavy atom. The molecule has 0 aliphatic carbocycles. The quantitative estimate of drug-likeness (QED) is 0.0188. The molecule has 8 aliphatic heterocycles. The Morgan fingerprint density at radius 1 is 0.558 bits per heavy atom. The minimum atomic E-state index is -5.20. The molecule has 6 bridgehead atoms. The van der Waals surface area contributed by atoms with Gasteiger partial charge in [-0.1, -0.05) is 47.2 Å². The van der Waals surface area contributed by atoms with Crippen LogP contribution in [0.15, 0.2) is 70.6 Å². The zero-order valence-electron chi connectivity index (χ0n) is 60.4. The van der Waals surface area contributed by atoms with Gasteiger partial charge in [0.15, 0.2) is 31.7 Å². The number of H-pyrrole nitrogens is 2. The van der Waals surface area contributed by atoms with E-state index in [4.69, 9.17) is 165 Å². The molecule has 0 saturated carbocycles. The Hall–Kier alpha value is -3.28. The number of nitrogens with two attached hydrogens (primary N) is 3. The smallest absolute Gasteiger partial charge is 0.351 e. The second-order valence-electron chi connectivity index (χ2n) is 27.3. The van der Waals surface area contributed by atoms with Crippen LogP contribution in [0.5, 0.6) is 0 Å². The van der Waals surface area contributed by atoms with E-state index < -0.39 is 246 Å². The summed E-state index contributed by atoms with van der Waals surface area (Å²) in [5, 5.41) is 10.9. The number of rotatable bonds is 30. The molecule has 5 aromatic rings. The summed E-state index contributed by atoms with van der Waals surface area (Å²) in [5.41, 5.74) is 5.85. The summed E-state index contributed by atoms with van der Waals surface area (Å²) in [6.07, 6.45) is -22.1. The van der Waals surface area contributed by atoms with Crippen LogP contribution in [0, 0.1) is 27.7 Å². The van der Waals surface area contributed by atoms with Gasteiger partial charge >= 0.3 is 28.4 Å². The van der Waals surface area contributed by atoms with Gasteiger partial charge in [-0.05, 0) is 54.5 Å². The first-order valence-corrected chi connectivity index (χ1v) is 46.4. The number of nitrogen functional groups attached to an aromatic ring is 3. The molecule has 10 unspecified atom stereocenters. The van der Waals surface area contributed by atoms with Crippen molar-refractivity contribution in [1.29, 1.82) is 0 Å². The van der Waals surface area contributed by atoms with Crippen LogP contribution in [-0.2, 0) is 185 Å². The molecule has 13 heterocycles. The molecular weight excluding hydrogens is 1780 g/mol. The Morgan fingerprint density at radius 3 is 1.52 bits per heavy atom. The van der Waals surface area contributed by atoms with Gasteiger partial charge < -0.3 is 142 Å². The first-order chi connectivity index (χ1) is 52.4. The standard InChI is InChI=1S/C57H78N13O32P5S5.Y/c1-22-13-67(51(75)62-42(22)59)33-12-29(98-104(80,109)87-18-31-34(99-103(79,108)85-9)35(84-8)46(94-31)66-11-10-32(58)61-50(66)74)30(93-33)17-86-105(81,110)101-40-37-48(68-14-23(2)43(60)63-52(68)76)96-56(40,27(6)91-37)20-89-107(83,112)102-41-38-49(70-16-25(4)45(73)65-54(70)78)97-57(41,28(7)92-38)21-88-106(82,111)100-39-36-47(95-55(39,19-71)26(5)90-36)69-15-24(3)44(72)64-53(69)77;/h10-11,13-16,26-31,33-41,46-49,71H,12,17-21H2,1-9H3,(H,79,108)(H,80,109)(H,81,110)(H,82,111)(H,83,112)(H2,58,61,74)(H2,59,62,75)(H2,60,63,76)(H,64,72,77)(H,65,73,78);/p-5/t26-,27-,28-,29?,30+,31+,33+,34?,35-,36-,37-,38-,39?,40?,41?,46+,47+,48+,49+,55-,56-,57-,103?,104?,105?,106?,107?;/m0./s1. The normalized spacial score (nSPS) is 35.6. The number of aliphatic hydroxyl groups excluding tert-OH is 1. The fourth-order valence-electron chi connectivity index (χ4n) is 14.5.